The summed E-state index contributed by atoms with van der Waals surface area (Å²) >= 11 is 0. The van der Waals surface area contributed by atoms with Gasteiger partial charge in [-0.25, -0.2) is 4.79 Å². The van der Waals surface area contributed by atoms with Gasteiger partial charge in [-0.1, -0.05) is 6.58 Å². The Kier molecular flexibility index (Phi) is 4.18. The summed E-state index contributed by atoms with van der Waals surface area (Å²) in [6.45, 7) is 8.82. The van der Waals surface area contributed by atoms with Crippen LogP contribution in [0, 0.1) is 0 Å². The Bertz CT molecular complexity index is 300. The minimum absolute atomic E-state index is 0.281. The van der Waals surface area contributed by atoms with Gasteiger partial charge >= 0.3 is 5.97 Å². The van der Waals surface area contributed by atoms with Crippen LogP contribution in [0.3, 0.4) is 0 Å². The maximum atomic E-state index is 11.4. The van der Waals surface area contributed by atoms with Crippen LogP contribution in [0.4, 0.5) is 0 Å². The van der Waals surface area contributed by atoms with Crippen molar-refractivity contribution in [3.63, 3.8) is 0 Å². The number of nitrogens with one attached hydrogen (secondary N) is 1. The fraction of sp³-hybridized carbons (Fsp3) is 0.769. The number of carbonyl (C=O) groups excluding carboxylic acids is 1. The fourth-order valence-electron chi connectivity index (χ4n) is 2.30. The Balaban J connectivity index is 1.65. The Labute approximate surface area is 103 Å². The highest BCUT2D eigenvalue weighted by atomic mass is 16.5. The van der Waals surface area contributed by atoms with Gasteiger partial charge in [-0.2, -0.15) is 0 Å². The van der Waals surface area contributed by atoms with Crippen LogP contribution in [0.15, 0.2) is 12.2 Å². The SMILES string of the molecule is C=C(CNC1CCN(C2CC2)C1)C(=O)OCC. The van der Waals surface area contributed by atoms with Gasteiger partial charge in [0.1, 0.15) is 0 Å². The third-order valence-corrected chi connectivity index (χ3v) is 3.45. The molecule has 0 amide bonds. The molecule has 0 aromatic carbocycles. The zero-order valence-corrected chi connectivity index (χ0v) is 10.6. The number of carbonyl (C=O) groups is 1. The minimum Gasteiger partial charge on any atom is -0.463 e. The summed E-state index contributed by atoms with van der Waals surface area (Å²) in [6, 6.07) is 1.34. The molecule has 96 valence electrons. The number of esters is 1. The van der Waals surface area contributed by atoms with Gasteiger partial charge in [0.15, 0.2) is 0 Å². The van der Waals surface area contributed by atoms with E-state index in [1.54, 1.807) is 0 Å². The molecule has 1 saturated carbocycles. The summed E-state index contributed by atoms with van der Waals surface area (Å²) < 4.78 is 4.90. The largest absolute Gasteiger partial charge is 0.463 e. The van der Waals surface area contributed by atoms with Crippen molar-refractivity contribution in [2.75, 3.05) is 26.2 Å². The molecule has 0 aromatic heterocycles. The summed E-state index contributed by atoms with van der Waals surface area (Å²) in [5.41, 5.74) is 0.525. The summed E-state index contributed by atoms with van der Waals surface area (Å²) in [5, 5.41) is 3.39. The lowest BCUT2D eigenvalue weighted by molar-refractivity contribution is -0.138. The van der Waals surface area contributed by atoms with Crippen molar-refractivity contribution in [1.29, 1.82) is 0 Å². The first kappa shape index (κ1) is 12.6. The topological polar surface area (TPSA) is 41.6 Å². The first-order valence-electron chi connectivity index (χ1n) is 6.53. The lowest BCUT2D eigenvalue weighted by Crippen LogP contribution is -2.35. The van der Waals surface area contributed by atoms with E-state index in [-0.39, 0.29) is 5.97 Å². The van der Waals surface area contributed by atoms with Gasteiger partial charge in [0.25, 0.3) is 0 Å². The third kappa shape index (κ3) is 3.54. The van der Waals surface area contributed by atoms with Crippen molar-refractivity contribution in [1.82, 2.24) is 10.2 Å². The predicted molar refractivity (Wildman–Crippen MR) is 66.8 cm³/mol. The maximum Gasteiger partial charge on any atom is 0.334 e. The van der Waals surface area contributed by atoms with Gasteiger partial charge in [0.05, 0.1) is 6.61 Å². The molecule has 1 unspecified atom stereocenters. The summed E-state index contributed by atoms with van der Waals surface area (Å²) in [5.74, 6) is -0.281. The highest BCUT2D eigenvalue weighted by Gasteiger charge is 2.34. The van der Waals surface area contributed by atoms with Crippen molar-refractivity contribution >= 4 is 5.97 Å². The number of ether oxygens (including phenoxy) is 1. The molecule has 0 bridgehead atoms. The number of hydrogen-bond donors (Lipinski definition) is 1. The van der Waals surface area contributed by atoms with Gasteiger partial charge in [0, 0.05) is 37.3 Å². The molecule has 4 heteroatoms. The molecule has 17 heavy (non-hydrogen) atoms. The van der Waals surface area contributed by atoms with Crippen molar-refractivity contribution in [3.05, 3.63) is 12.2 Å². The highest BCUT2D eigenvalue weighted by molar-refractivity contribution is 5.88. The van der Waals surface area contributed by atoms with Crippen molar-refractivity contribution < 1.29 is 9.53 Å². The number of nitrogens with zero attached hydrogens (tertiary/aromatic N) is 1. The van der Waals surface area contributed by atoms with E-state index in [0.29, 0.717) is 24.8 Å². The van der Waals surface area contributed by atoms with Crippen LogP contribution in [-0.2, 0) is 9.53 Å². The molecule has 1 atom stereocenters. The Hall–Kier alpha value is -0.870. The lowest BCUT2D eigenvalue weighted by atomic mass is 10.2. The molecule has 0 radical (unpaired) electrons. The zero-order chi connectivity index (χ0) is 12.3. The molecule has 1 heterocycles. The molecule has 2 aliphatic rings. The molecule has 1 saturated heterocycles. The Morgan fingerprint density at radius 1 is 1.47 bits per heavy atom. The molecule has 2 fully saturated rings. The second-order valence-electron chi connectivity index (χ2n) is 4.92. The molecule has 1 N–H and O–H groups in total. The molecule has 1 aliphatic carbocycles. The maximum absolute atomic E-state index is 11.4. The van der Waals surface area contributed by atoms with Crippen LogP contribution in [-0.4, -0.2) is 49.2 Å². The van der Waals surface area contributed by atoms with E-state index in [4.69, 9.17) is 4.74 Å². The first-order valence-corrected chi connectivity index (χ1v) is 6.53. The second-order valence-corrected chi connectivity index (χ2v) is 4.92. The summed E-state index contributed by atoms with van der Waals surface area (Å²) in [4.78, 5) is 13.9. The Morgan fingerprint density at radius 2 is 2.24 bits per heavy atom. The first-order chi connectivity index (χ1) is 8.20. The van der Waals surface area contributed by atoms with Gasteiger partial charge in [-0.05, 0) is 26.2 Å². The molecule has 2 rings (SSSR count). The highest BCUT2D eigenvalue weighted by Crippen LogP contribution is 2.29. The molecule has 0 spiro atoms. The molecule has 0 aromatic rings. The summed E-state index contributed by atoms with van der Waals surface area (Å²) in [6.07, 6.45) is 3.90. The molecule has 1 aliphatic heterocycles. The van der Waals surface area contributed by atoms with Gasteiger partial charge < -0.3 is 10.1 Å². The molecular weight excluding hydrogens is 216 g/mol. The van der Waals surface area contributed by atoms with Crippen LogP contribution in [0.2, 0.25) is 0 Å². The lowest BCUT2D eigenvalue weighted by Gasteiger charge is -2.16. The van der Waals surface area contributed by atoms with Crippen LogP contribution in [0.5, 0.6) is 0 Å². The van der Waals surface area contributed by atoms with E-state index in [1.807, 2.05) is 6.92 Å². The van der Waals surface area contributed by atoms with Crippen molar-refractivity contribution in [3.8, 4) is 0 Å². The molecular formula is C13H22N2O2. The van der Waals surface area contributed by atoms with E-state index in [1.165, 1.54) is 25.8 Å². The smallest absolute Gasteiger partial charge is 0.334 e. The van der Waals surface area contributed by atoms with E-state index >= 15 is 0 Å². The fourth-order valence-corrected chi connectivity index (χ4v) is 2.30. The Morgan fingerprint density at radius 3 is 2.88 bits per heavy atom. The number of rotatable bonds is 6. The monoisotopic (exact) mass is 238 g/mol. The summed E-state index contributed by atoms with van der Waals surface area (Å²) in [7, 11) is 0. The zero-order valence-electron chi connectivity index (χ0n) is 10.6. The number of hydrogen-bond acceptors (Lipinski definition) is 4. The standard InChI is InChI=1S/C13H22N2O2/c1-3-17-13(16)10(2)8-14-11-6-7-15(9-11)12-4-5-12/h11-12,14H,2-9H2,1H3. The van der Waals surface area contributed by atoms with Crippen LogP contribution < -0.4 is 5.32 Å². The number of likely N-dealkylation sites (tertiary alicyclic amines) is 1. The van der Waals surface area contributed by atoms with Crippen molar-refractivity contribution in [2.24, 2.45) is 0 Å². The van der Waals surface area contributed by atoms with E-state index in [2.05, 4.69) is 16.8 Å². The minimum atomic E-state index is -0.281. The predicted octanol–water partition coefficient (Wildman–Crippen LogP) is 0.932. The third-order valence-electron chi connectivity index (χ3n) is 3.45. The average molecular weight is 238 g/mol. The quantitative estimate of drug-likeness (QED) is 0.552. The van der Waals surface area contributed by atoms with Crippen molar-refractivity contribution in [2.45, 2.75) is 38.3 Å². The molecule has 4 nitrogen and oxygen atoms in total. The van der Waals surface area contributed by atoms with Crippen LogP contribution in [0.1, 0.15) is 26.2 Å². The van der Waals surface area contributed by atoms with E-state index in [9.17, 15) is 4.79 Å². The van der Waals surface area contributed by atoms with Gasteiger partial charge in [-0.15, -0.1) is 0 Å². The van der Waals surface area contributed by atoms with Crippen LogP contribution in [0.25, 0.3) is 0 Å². The van der Waals surface area contributed by atoms with E-state index < -0.39 is 0 Å². The average Bonchev–Trinajstić information content (AvgIpc) is 3.06. The van der Waals surface area contributed by atoms with Gasteiger partial charge in [0.2, 0.25) is 0 Å². The second kappa shape index (κ2) is 5.65. The normalized spacial score (nSPS) is 24.9. The van der Waals surface area contributed by atoms with Crippen LogP contribution >= 0.6 is 0 Å². The van der Waals surface area contributed by atoms with Gasteiger partial charge in [-0.3, -0.25) is 4.90 Å². The van der Waals surface area contributed by atoms with E-state index in [0.717, 1.165) is 12.6 Å².